The third-order valence-corrected chi connectivity index (χ3v) is 9.72. The fourth-order valence-electron chi connectivity index (χ4n) is 6.75. The fourth-order valence-corrected chi connectivity index (χ4v) is 6.75. The summed E-state index contributed by atoms with van der Waals surface area (Å²) in [7, 11) is 0. The number of hydrogen-bond donors (Lipinski definition) is 2. The molecule has 4 heteroatoms. The molecular weight excluding hydrogens is 587 g/mol. The first-order valence-corrected chi connectivity index (χ1v) is 18.7. The molecule has 0 aromatic heterocycles. The van der Waals surface area contributed by atoms with Crippen molar-refractivity contribution in [1.82, 2.24) is 0 Å². The van der Waals surface area contributed by atoms with Crippen molar-refractivity contribution in [3.63, 3.8) is 0 Å². The van der Waals surface area contributed by atoms with Crippen molar-refractivity contribution >= 4 is 27.8 Å². The Hall–Kier alpha value is -3.50. The molecule has 0 saturated heterocycles. The highest BCUT2D eigenvalue weighted by Crippen LogP contribution is 2.39. The van der Waals surface area contributed by atoms with E-state index >= 15 is 0 Å². The smallest absolute Gasteiger partial charge is 0.0464 e. The molecule has 0 amide bonds. The Morgan fingerprint density at radius 2 is 1.10 bits per heavy atom. The molecule has 4 aromatic carbocycles. The van der Waals surface area contributed by atoms with Gasteiger partial charge < -0.3 is 20.2 Å². The first kappa shape index (κ1) is 38.9. The monoisotopic (exact) mass is 652 g/mol. The quantitative estimate of drug-likeness (QED) is 0.0934. The van der Waals surface area contributed by atoms with Crippen LogP contribution in [0.25, 0.3) is 10.8 Å². The standard InChI is InChI=1S/C41H57N3O.C3H8/c1-8-43(9-2)34-23-19-31(20-24-34)40(32-21-25-35(26-22-32)44(10-3)11-4)38-27-28-39(37-18-13-12-17-36(37)38)42-29-15-14-16-33(30-45)41(5,6)7;1-3-2/h12-13,17-28,33,40,42,45H,8-11,14-16,29-30H2,1-7H3;3H2,1-2H3. The number of aliphatic hydroxyl groups is 1. The lowest BCUT2D eigenvalue weighted by Gasteiger charge is -2.29. The molecular formula is C44H65N3O. The Bertz CT molecular complexity index is 1410. The van der Waals surface area contributed by atoms with Crippen LogP contribution in [0.4, 0.5) is 17.1 Å². The van der Waals surface area contributed by atoms with Crippen LogP contribution in [-0.4, -0.2) is 44.4 Å². The molecule has 1 unspecified atom stereocenters. The number of aliphatic hydroxyl groups excluding tert-OH is 1. The molecule has 0 bridgehead atoms. The third-order valence-electron chi connectivity index (χ3n) is 9.72. The molecule has 4 aromatic rings. The molecule has 0 spiro atoms. The Morgan fingerprint density at radius 3 is 1.54 bits per heavy atom. The fraction of sp³-hybridized carbons (Fsp3) is 0.500. The van der Waals surface area contributed by atoms with Gasteiger partial charge in [0.05, 0.1) is 0 Å². The molecule has 0 fully saturated rings. The number of nitrogens with zero attached hydrogens (tertiary/aromatic N) is 2. The zero-order valence-corrected chi connectivity index (χ0v) is 31.7. The van der Waals surface area contributed by atoms with E-state index in [-0.39, 0.29) is 17.9 Å². The van der Waals surface area contributed by atoms with E-state index in [4.69, 9.17) is 0 Å². The van der Waals surface area contributed by atoms with Gasteiger partial charge in [0.15, 0.2) is 0 Å². The zero-order chi connectivity index (χ0) is 35.1. The number of nitrogens with one attached hydrogen (secondary N) is 1. The van der Waals surface area contributed by atoms with Crippen LogP contribution in [0.5, 0.6) is 0 Å². The van der Waals surface area contributed by atoms with Crippen LogP contribution in [0, 0.1) is 11.3 Å². The molecule has 0 saturated carbocycles. The molecule has 262 valence electrons. The molecule has 1 atom stereocenters. The van der Waals surface area contributed by atoms with Crippen molar-refractivity contribution in [2.24, 2.45) is 11.3 Å². The van der Waals surface area contributed by atoms with Crippen LogP contribution in [0.2, 0.25) is 0 Å². The largest absolute Gasteiger partial charge is 0.396 e. The lowest BCUT2D eigenvalue weighted by atomic mass is 9.78. The Morgan fingerprint density at radius 1 is 0.625 bits per heavy atom. The van der Waals surface area contributed by atoms with Gasteiger partial charge in [-0.3, -0.25) is 0 Å². The predicted molar refractivity (Wildman–Crippen MR) is 213 cm³/mol. The molecule has 0 aliphatic rings. The van der Waals surface area contributed by atoms with E-state index in [2.05, 4.69) is 162 Å². The van der Waals surface area contributed by atoms with Gasteiger partial charge in [-0.05, 0) is 104 Å². The van der Waals surface area contributed by atoms with E-state index in [0.717, 1.165) is 52.0 Å². The number of unbranched alkanes of at least 4 members (excludes halogenated alkanes) is 1. The number of anilines is 3. The van der Waals surface area contributed by atoms with Gasteiger partial charge >= 0.3 is 0 Å². The van der Waals surface area contributed by atoms with Crippen molar-refractivity contribution in [1.29, 1.82) is 0 Å². The molecule has 0 radical (unpaired) electrons. The van der Waals surface area contributed by atoms with Crippen molar-refractivity contribution in [3.05, 3.63) is 102 Å². The van der Waals surface area contributed by atoms with Gasteiger partial charge in [-0.2, -0.15) is 0 Å². The topological polar surface area (TPSA) is 38.7 Å². The van der Waals surface area contributed by atoms with E-state index in [1.54, 1.807) is 0 Å². The Balaban J connectivity index is 0.00000201. The van der Waals surface area contributed by atoms with Crippen molar-refractivity contribution < 1.29 is 5.11 Å². The summed E-state index contributed by atoms with van der Waals surface area (Å²) in [6, 6.07) is 32.0. The SMILES string of the molecule is CCC.CCN(CC)c1ccc(C(c2ccc(N(CC)CC)cc2)c2ccc(NCCCCC(CO)C(C)(C)C)c3ccccc23)cc1. The second-order valence-corrected chi connectivity index (χ2v) is 14.1. The van der Waals surface area contributed by atoms with Crippen LogP contribution < -0.4 is 15.1 Å². The van der Waals surface area contributed by atoms with Crippen molar-refractivity contribution in [2.75, 3.05) is 54.4 Å². The summed E-state index contributed by atoms with van der Waals surface area (Å²) >= 11 is 0. The van der Waals surface area contributed by atoms with Gasteiger partial charge in [0.1, 0.15) is 0 Å². The maximum Gasteiger partial charge on any atom is 0.0464 e. The van der Waals surface area contributed by atoms with Crippen LogP contribution in [0.15, 0.2) is 84.9 Å². The summed E-state index contributed by atoms with van der Waals surface area (Å²) in [4.78, 5) is 4.81. The summed E-state index contributed by atoms with van der Waals surface area (Å²) in [6.45, 7) is 25.0. The first-order valence-electron chi connectivity index (χ1n) is 18.7. The zero-order valence-electron chi connectivity index (χ0n) is 31.7. The van der Waals surface area contributed by atoms with E-state index < -0.39 is 0 Å². The normalized spacial score (nSPS) is 12.1. The lowest BCUT2D eigenvalue weighted by Crippen LogP contribution is -2.24. The third kappa shape index (κ3) is 10.3. The van der Waals surface area contributed by atoms with Gasteiger partial charge in [-0.25, -0.2) is 0 Å². The van der Waals surface area contributed by atoms with Gasteiger partial charge in [-0.15, -0.1) is 0 Å². The predicted octanol–water partition coefficient (Wildman–Crippen LogP) is 11.4. The highest BCUT2D eigenvalue weighted by molar-refractivity contribution is 5.97. The minimum Gasteiger partial charge on any atom is -0.396 e. The minimum atomic E-state index is 0.119. The van der Waals surface area contributed by atoms with Crippen LogP contribution >= 0.6 is 0 Å². The lowest BCUT2D eigenvalue weighted by molar-refractivity contribution is 0.121. The Kier molecular flexibility index (Phi) is 15.8. The van der Waals surface area contributed by atoms with Crippen LogP contribution in [0.1, 0.15) is 111 Å². The van der Waals surface area contributed by atoms with Gasteiger partial charge in [0, 0.05) is 67.7 Å². The van der Waals surface area contributed by atoms with Gasteiger partial charge in [0.25, 0.3) is 0 Å². The summed E-state index contributed by atoms with van der Waals surface area (Å²) in [5, 5.41) is 16.2. The summed E-state index contributed by atoms with van der Waals surface area (Å²) in [6.07, 6.45) is 4.51. The average Bonchev–Trinajstić information content (AvgIpc) is 3.09. The van der Waals surface area contributed by atoms with Gasteiger partial charge in [-0.1, -0.05) is 102 Å². The van der Waals surface area contributed by atoms with E-state index in [9.17, 15) is 5.11 Å². The second kappa shape index (κ2) is 19.5. The molecule has 2 N–H and O–H groups in total. The highest BCUT2D eigenvalue weighted by Gasteiger charge is 2.23. The van der Waals surface area contributed by atoms with Crippen molar-refractivity contribution in [2.45, 2.75) is 93.9 Å². The second-order valence-electron chi connectivity index (χ2n) is 14.1. The molecule has 0 aliphatic carbocycles. The molecule has 48 heavy (non-hydrogen) atoms. The number of fused-ring (bicyclic) bond motifs is 1. The summed E-state index contributed by atoms with van der Waals surface area (Å²) in [5.41, 5.74) is 7.83. The summed E-state index contributed by atoms with van der Waals surface area (Å²) < 4.78 is 0. The van der Waals surface area contributed by atoms with Gasteiger partial charge in [0.2, 0.25) is 0 Å². The average molecular weight is 652 g/mol. The minimum absolute atomic E-state index is 0.119. The molecule has 4 nitrogen and oxygen atoms in total. The van der Waals surface area contributed by atoms with E-state index in [1.807, 2.05) is 0 Å². The van der Waals surface area contributed by atoms with E-state index in [0.29, 0.717) is 5.92 Å². The maximum absolute atomic E-state index is 9.85. The molecule has 0 heterocycles. The number of benzene rings is 4. The Labute approximate surface area is 293 Å². The number of hydrogen-bond acceptors (Lipinski definition) is 4. The van der Waals surface area contributed by atoms with E-state index in [1.165, 1.54) is 50.9 Å². The highest BCUT2D eigenvalue weighted by atomic mass is 16.3. The molecule has 0 aliphatic heterocycles. The molecule has 4 rings (SSSR count). The maximum atomic E-state index is 9.85. The summed E-state index contributed by atoms with van der Waals surface area (Å²) in [5.74, 6) is 0.463. The first-order chi connectivity index (χ1) is 23.2. The van der Waals surface area contributed by atoms with Crippen LogP contribution in [-0.2, 0) is 0 Å². The van der Waals surface area contributed by atoms with Crippen LogP contribution in [0.3, 0.4) is 0 Å². The number of rotatable bonds is 16. The van der Waals surface area contributed by atoms with Crippen molar-refractivity contribution in [3.8, 4) is 0 Å².